The van der Waals surface area contributed by atoms with Gasteiger partial charge in [-0.25, -0.2) is 4.39 Å². The van der Waals surface area contributed by atoms with Crippen LogP contribution in [0.25, 0.3) is 0 Å². The Morgan fingerprint density at radius 2 is 2.05 bits per heavy atom. The van der Waals surface area contributed by atoms with Crippen LogP contribution in [0.3, 0.4) is 0 Å². The predicted molar refractivity (Wildman–Crippen MR) is 69.3 cm³/mol. The molecule has 0 aliphatic heterocycles. The van der Waals surface area contributed by atoms with Crippen molar-refractivity contribution in [2.75, 3.05) is 0 Å². The highest BCUT2D eigenvalue weighted by Crippen LogP contribution is 2.16. The van der Waals surface area contributed by atoms with E-state index in [1.165, 1.54) is 24.5 Å². The molecule has 2 aromatic rings. The third-order valence-corrected chi connectivity index (χ3v) is 2.79. The lowest BCUT2D eigenvalue weighted by Gasteiger charge is -2.14. The van der Waals surface area contributed by atoms with Crippen molar-refractivity contribution in [2.45, 2.75) is 13.0 Å². The van der Waals surface area contributed by atoms with Crippen LogP contribution in [0.5, 0.6) is 0 Å². The lowest BCUT2D eigenvalue weighted by atomic mass is 10.1. The van der Waals surface area contributed by atoms with Crippen molar-refractivity contribution >= 4 is 5.91 Å². The summed E-state index contributed by atoms with van der Waals surface area (Å²) in [4.78, 5) is 26.1. The predicted octanol–water partition coefficient (Wildman–Crippen LogP) is 2.00. The van der Waals surface area contributed by atoms with Crippen LogP contribution in [0.1, 0.15) is 28.9 Å². The molecule has 2 rings (SSSR count). The van der Waals surface area contributed by atoms with Crippen molar-refractivity contribution < 1.29 is 9.18 Å². The van der Waals surface area contributed by atoms with Gasteiger partial charge in [0.2, 0.25) is 0 Å². The summed E-state index contributed by atoms with van der Waals surface area (Å²) in [6.07, 6.45) is 2.77. The minimum Gasteiger partial charge on any atom is -0.367 e. The Balaban J connectivity index is 2.18. The first-order valence-corrected chi connectivity index (χ1v) is 5.82. The summed E-state index contributed by atoms with van der Waals surface area (Å²) in [6.45, 7) is 1.66. The minimum atomic E-state index is -0.530. The van der Waals surface area contributed by atoms with Crippen molar-refractivity contribution in [1.29, 1.82) is 0 Å². The van der Waals surface area contributed by atoms with E-state index in [1.54, 1.807) is 25.1 Å². The second-order valence-corrected chi connectivity index (χ2v) is 4.14. The third-order valence-electron chi connectivity index (χ3n) is 2.79. The molecule has 0 aliphatic rings. The number of carbonyl (C=O) groups excluding carboxylic acids is 1. The van der Waals surface area contributed by atoms with Gasteiger partial charge >= 0.3 is 0 Å². The molecule has 19 heavy (non-hydrogen) atoms. The van der Waals surface area contributed by atoms with Crippen LogP contribution in [0.2, 0.25) is 0 Å². The number of carbonyl (C=O) groups is 1. The van der Waals surface area contributed by atoms with Gasteiger partial charge < -0.3 is 10.3 Å². The Morgan fingerprint density at radius 1 is 1.32 bits per heavy atom. The number of hydrogen-bond donors (Lipinski definition) is 2. The van der Waals surface area contributed by atoms with E-state index in [1.807, 2.05) is 0 Å². The number of H-pyrrole nitrogens is 1. The smallest absolute Gasteiger partial charge is 0.257 e. The number of hydrogen-bond acceptors (Lipinski definition) is 2. The van der Waals surface area contributed by atoms with Gasteiger partial charge in [-0.05, 0) is 13.0 Å². The molecule has 98 valence electrons. The molecule has 1 aromatic carbocycles. The number of pyridine rings is 1. The topological polar surface area (TPSA) is 62.0 Å². The standard InChI is InChI=1S/C14H13FN2O2/c1-9(10-4-2-3-5-12(10)15)17-14(19)11-8-16-7-6-13(11)18/h2-9H,1H3,(H,16,18)(H,17,19). The van der Waals surface area contributed by atoms with Crippen LogP contribution >= 0.6 is 0 Å². The van der Waals surface area contributed by atoms with Gasteiger partial charge in [0.05, 0.1) is 6.04 Å². The molecule has 1 atom stereocenters. The summed E-state index contributed by atoms with van der Waals surface area (Å²) in [6, 6.07) is 6.94. The van der Waals surface area contributed by atoms with Gasteiger partial charge in [-0.2, -0.15) is 0 Å². The molecule has 2 N–H and O–H groups in total. The molecule has 1 aromatic heterocycles. The molecule has 0 bridgehead atoms. The first-order valence-electron chi connectivity index (χ1n) is 5.82. The largest absolute Gasteiger partial charge is 0.367 e. The molecular weight excluding hydrogens is 247 g/mol. The maximum atomic E-state index is 13.6. The molecule has 0 fully saturated rings. The van der Waals surface area contributed by atoms with Crippen LogP contribution in [-0.2, 0) is 0 Å². The van der Waals surface area contributed by atoms with Gasteiger partial charge in [0, 0.05) is 24.0 Å². The number of amides is 1. The highest BCUT2D eigenvalue weighted by Gasteiger charge is 2.15. The van der Waals surface area contributed by atoms with E-state index in [-0.39, 0.29) is 11.0 Å². The Bertz CT molecular complexity index is 652. The van der Waals surface area contributed by atoms with Gasteiger partial charge in [0.1, 0.15) is 11.4 Å². The van der Waals surface area contributed by atoms with E-state index in [0.29, 0.717) is 5.56 Å². The molecular formula is C14H13FN2O2. The number of benzene rings is 1. The average Bonchev–Trinajstić information content (AvgIpc) is 2.39. The zero-order chi connectivity index (χ0) is 13.8. The normalized spacial score (nSPS) is 11.9. The number of aromatic amines is 1. The van der Waals surface area contributed by atoms with Crippen LogP contribution in [0.4, 0.5) is 4.39 Å². The van der Waals surface area contributed by atoms with E-state index in [4.69, 9.17) is 0 Å². The average molecular weight is 260 g/mol. The maximum absolute atomic E-state index is 13.6. The fourth-order valence-corrected chi connectivity index (χ4v) is 1.77. The van der Waals surface area contributed by atoms with Crippen molar-refractivity contribution in [3.63, 3.8) is 0 Å². The summed E-state index contributed by atoms with van der Waals surface area (Å²) in [5.41, 5.74) is 0.00545. The molecule has 0 spiro atoms. The van der Waals surface area contributed by atoms with Crippen molar-refractivity contribution in [3.8, 4) is 0 Å². The van der Waals surface area contributed by atoms with E-state index in [0.717, 1.165) is 0 Å². The number of aromatic nitrogens is 1. The van der Waals surface area contributed by atoms with Crippen LogP contribution < -0.4 is 10.7 Å². The fourth-order valence-electron chi connectivity index (χ4n) is 1.77. The Labute approximate surface area is 109 Å². The lowest BCUT2D eigenvalue weighted by Crippen LogP contribution is -2.31. The zero-order valence-corrected chi connectivity index (χ0v) is 10.3. The monoisotopic (exact) mass is 260 g/mol. The van der Waals surface area contributed by atoms with Gasteiger partial charge in [-0.3, -0.25) is 9.59 Å². The molecule has 0 aliphatic carbocycles. The molecule has 0 radical (unpaired) electrons. The minimum absolute atomic E-state index is 0.00527. The number of rotatable bonds is 3. The summed E-state index contributed by atoms with van der Waals surface area (Å²) in [5.74, 6) is -0.921. The van der Waals surface area contributed by atoms with Crippen LogP contribution in [0, 0.1) is 5.82 Å². The lowest BCUT2D eigenvalue weighted by molar-refractivity contribution is 0.0938. The van der Waals surface area contributed by atoms with E-state index >= 15 is 0 Å². The second-order valence-electron chi connectivity index (χ2n) is 4.14. The maximum Gasteiger partial charge on any atom is 0.257 e. The fraction of sp³-hybridized carbons (Fsp3) is 0.143. The quantitative estimate of drug-likeness (QED) is 0.886. The molecule has 5 heteroatoms. The molecule has 1 unspecified atom stereocenters. The summed E-state index contributed by atoms with van der Waals surface area (Å²) in [7, 11) is 0. The summed E-state index contributed by atoms with van der Waals surface area (Å²) in [5, 5.41) is 2.60. The van der Waals surface area contributed by atoms with Gasteiger partial charge in [-0.15, -0.1) is 0 Å². The molecule has 4 nitrogen and oxygen atoms in total. The zero-order valence-electron chi connectivity index (χ0n) is 10.3. The highest BCUT2D eigenvalue weighted by molar-refractivity contribution is 5.93. The van der Waals surface area contributed by atoms with Crippen LogP contribution in [0.15, 0.2) is 47.5 Å². The number of halogens is 1. The second kappa shape index (κ2) is 5.48. The van der Waals surface area contributed by atoms with Gasteiger partial charge in [-0.1, -0.05) is 18.2 Å². The van der Waals surface area contributed by atoms with Crippen molar-refractivity contribution in [1.82, 2.24) is 10.3 Å². The first-order chi connectivity index (χ1) is 9.09. The Hall–Kier alpha value is -2.43. The molecule has 0 saturated heterocycles. The van der Waals surface area contributed by atoms with Crippen molar-refractivity contribution in [2.24, 2.45) is 0 Å². The van der Waals surface area contributed by atoms with Gasteiger partial charge in [0.25, 0.3) is 5.91 Å². The Kier molecular flexibility index (Phi) is 3.75. The number of nitrogens with one attached hydrogen (secondary N) is 2. The van der Waals surface area contributed by atoms with E-state index in [2.05, 4.69) is 10.3 Å². The van der Waals surface area contributed by atoms with Gasteiger partial charge in [0.15, 0.2) is 5.43 Å². The summed E-state index contributed by atoms with van der Waals surface area (Å²) < 4.78 is 13.6. The van der Waals surface area contributed by atoms with Crippen LogP contribution in [-0.4, -0.2) is 10.9 Å². The van der Waals surface area contributed by atoms with Crippen molar-refractivity contribution in [3.05, 3.63) is 69.9 Å². The SMILES string of the molecule is CC(NC(=O)c1c[nH]ccc1=O)c1ccccc1F. The molecule has 1 heterocycles. The third kappa shape index (κ3) is 2.88. The highest BCUT2D eigenvalue weighted by atomic mass is 19.1. The van der Waals surface area contributed by atoms with E-state index in [9.17, 15) is 14.0 Å². The molecule has 0 saturated carbocycles. The Morgan fingerprint density at radius 3 is 2.74 bits per heavy atom. The van der Waals surface area contributed by atoms with E-state index < -0.39 is 17.8 Å². The molecule has 1 amide bonds. The summed E-state index contributed by atoms with van der Waals surface area (Å²) >= 11 is 0. The first kappa shape index (κ1) is 13.0.